The third kappa shape index (κ3) is 3.16. The zero-order chi connectivity index (χ0) is 13.0. The van der Waals surface area contributed by atoms with E-state index in [9.17, 15) is 0 Å². The monoisotopic (exact) mass is 370 g/mol. The molecule has 0 saturated carbocycles. The van der Waals surface area contributed by atoms with Crippen molar-refractivity contribution in [2.75, 3.05) is 6.54 Å². The normalized spacial score (nSPS) is 10.3. The summed E-state index contributed by atoms with van der Waals surface area (Å²) in [4.78, 5) is 8.45. The topological polar surface area (TPSA) is 63.8 Å². The molecule has 0 spiro atoms. The second kappa shape index (κ2) is 6.09. The molecule has 0 aliphatic heterocycles. The summed E-state index contributed by atoms with van der Waals surface area (Å²) >= 11 is 6.73. The molecule has 0 aliphatic carbocycles. The van der Waals surface area contributed by atoms with Crippen molar-refractivity contribution in [3.63, 3.8) is 0 Å². The minimum absolute atomic E-state index is 0.436. The molecule has 2 rings (SSSR count). The van der Waals surface area contributed by atoms with Gasteiger partial charge in [0.2, 0.25) is 11.7 Å². The quantitative estimate of drug-likeness (QED) is 0.660. The lowest BCUT2D eigenvalue weighted by Crippen LogP contribution is -2.13. The lowest BCUT2D eigenvalue weighted by atomic mass is 10.3. The predicted octanol–water partition coefficient (Wildman–Crippen LogP) is 2.38. The number of hydrogen-bond donors (Lipinski definition) is 1. The first-order valence-corrected chi connectivity index (χ1v) is 6.57. The summed E-state index contributed by atoms with van der Waals surface area (Å²) in [6.45, 7) is 0.892. The van der Waals surface area contributed by atoms with Gasteiger partial charge >= 0.3 is 0 Å². The van der Waals surface area contributed by atoms with E-state index in [0.29, 0.717) is 30.5 Å². The van der Waals surface area contributed by atoms with E-state index >= 15 is 0 Å². The first-order valence-electron chi connectivity index (χ1n) is 4.99. The van der Waals surface area contributed by atoms with Crippen molar-refractivity contribution in [1.29, 1.82) is 0 Å². The van der Waals surface area contributed by atoms with E-state index in [1.54, 1.807) is 6.20 Å². The van der Waals surface area contributed by atoms with E-state index in [1.807, 2.05) is 6.07 Å². The molecule has 2 aromatic heterocycles. The molecule has 18 heavy (non-hydrogen) atoms. The summed E-state index contributed by atoms with van der Waals surface area (Å²) in [5.41, 5.74) is 0.630. The molecule has 1 N–H and O–H groups in total. The van der Waals surface area contributed by atoms with Crippen LogP contribution in [0.15, 0.2) is 25.7 Å². The van der Waals surface area contributed by atoms with E-state index in [-0.39, 0.29) is 0 Å². The Kier molecular flexibility index (Phi) is 4.47. The SMILES string of the molecule is C#CCNCc1nc(-c2ncc(Br)cc2Br)no1. The predicted molar refractivity (Wildman–Crippen MR) is 73.5 cm³/mol. The third-order valence-corrected chi connectivity index (χ3v) is 3.03. The molecule has 0 bridgehead atoms. The Morgan fingerprint density at radius 1 is 1.44 bits per heavy atom. The van der Waals surface area contributed by atoms with Gasteiger partial charge < -0.3 is 4.52 Å². The number of pyridine rings is 1. The maximum atomic E-state index is 5.12. The standard InChI is InChI=1S/C11H8Br2N4O/c1-2-3-14-6-9-16-11(17-18-9)10-8(13)4-7(12)5-15-10/h1,4-5,14H,3,6H2. The zero-order valence-electron chi connectivity index (χ0n) is 9.15. The smallest absolute Gasteiger partial charge is 0.240 e. The summed E-state index contributed by atoms with van der Waals surface area (Å²) in [5, 5.41) is 6.84. The van der Waals surface area contributed by atoms with Crippen molar-refractivity contribution >= 4 is 31.9 Å². The van der Waals surface area contributed by atoms with Crippen molar-refractivity contribution in [1.82, 2.24) is 20.4 Å². The van der Waals surface area contributed by atoms with Gasteiger partial charge in [-0.25, -0.2) is 0 Å². The Labute approximate surface area is 121 Å². The van der Waals surface area contributed by atoms with E-state index in [0.717, 1.165) is 8.95 Å². The highest BCUT2D eigenvalue weighted by molar-refractivity contribution is 9.11. The van der Waals surface area contributed by atoms with Crippen molar-refractivity contribution in [2.45, 2.75) is 6.54 Å². The summed E-state index contributed by atoms with van der Waals surface area (Å²) in [6, 6.07) is 1.87. The molecule has 0 aromatic carbocycles. The van der Waals surface area contributed by atoms with Crippen LogP contribution in [0.4, 0.5) is 0 Å². The van der Waals surface area contributed by atoms with E-state index in [4.69, 9.17) is 10.9 Å². The Morgan fingerprint density at radius 3 is 3.00 bits per heavy atom. The molecular weight excluding hydrogens is 364 g/mol. The second-order valence-electron chi connectivity index (χ2n) is 3.30. The molecular formula is C11H8Br2N4O. The van der Waals surface area contributed by atoms with E-state index in [1.165, 1.54) is 0 Å². The van der Waals surface area contributed by atoms with Gasteiger partial charge in [0.25, 0.3) is 0 Å². The maximum absolute atomic E-state index is 5.12. The molecule has 0 aliphatic rings. The van der Waals surface area contributed by atoms with E-state index < -0.39 is 0 Å². The molecule has 92 valence electrons. The average molecular weight is 372 g/mol. The average Bonchev–Trinajstić information content (AvgIpc) is 2.78. The molecule has 0 saturated heterocycles. The molecule has 2 heterocycles. The highest BCUT2D eigenvalue weighted by Crippen LogP contribution is 2.26. The third-order valence-electron chi connectivity index (χ3n) is 1.99. The number of halogens is 2. The van der Waals surface area contributed by atoms with Gasteiger partial charge in [0.05, 0.1) is 13.1 Å². The highest BCUT2D eigenvalue weighted by Gasteiger charge is 2.12. The fourth-order valence-electron chi connectivity index (χ4n) is 1.24. The summed E-state index contributed by atoms with van der Waals surface area (Å²) in [7, 11) is 0. The number of nitrogens with zero attached hydrogens (tertiary/aromatic N) is 3. The number of aromatic nitrogens is 3. The second-order valence-corrected chi connectivity index (χ2v) is 5.07. The van der Waals surface area contributed by atoms with Crippen LogP contribution in [0, 0.1) is 12.3 Å². The van der Waals surface area contributed by atoms with Gasteiger partial charge in [-0.15, -0.1) is 6.42 Å². The van der Waals surface area contributed by atoms with Crippen LogP contribution in [0.2, 0.25) is 0 Å². The van der Waals surface area contributed by atoms with Crippen LogP contribution in [-0.2, 0) is 6.54 Å². The lowest BCUT2D eigenvalue weighted by Gasteiger charge is -1.97. The number of nitrogens with one attached hydrogen (secondary N) is 1. The lowest BCUT2D eigenvalue weighted by molar-refractivity contribution is 0.370. The first-order chi connectivity index (χ1) is 8.70. The fraction of sp³-hybridized carbons (Fsp3) is 0.182. The van der Waals surface area contributed by atoms with Crippen molar-refractivity contribution < 1.29 is 4.52 Å². The summed E-state index contributed by atoms with van der Waals surface area (Å²) < 4.78 is 6.75. The minimum Gasteiger partial charge on any atom is -0.337 e. The van der Waals surface area contributed by atoms with Gasteiger partial charge in [-0.05, 0) is 37.9 Å². The molecule has 0 unspecified atom stereocenters. The first kappa shape index (κ1) is 13.2. The van der Waals surface area contributed by atoms with Crippen LogP contribution in [0.5, 0.6) is 0 Å². The largest absolute Gasteiger partial charge is 0.337 e. The van der Waals surface area contributed by atoms with Gasteiger partial charge in [-0.3, -0.25) is 10.3 Å². The van der Waals surface area contributed by atoms with Gasteiger partial charge in [-0.2, -0.15) is 4.98 Å². The van der Waals surface area contributed by atoms with Crippen molar-refractivity contribution in [3.05, 3.63) is 27.1 Å². The maximum Gasteiger partial charge on any atom is 0.240 e. The molecule has 5 nitrogen and oxygen atoms in total. The van der Waals surface area contributed by atoms with Crippen LogP contribution in [0.1, 0.15) is 5.89 Å². The zero-order valence-corrected chi connectivity index (χ0v) is 12.3. The molecule has 7 heteroatoms. The van der Waals surface area contributed by atoms with Gasteiger partial charge in [0.1, 0.15) is 5.69 Å². The molecule has 0 radical (unpaired) electrons. The Morgan fingerprint density at radius 2 is 2.28 bits per heavy atom. The minimum atomic E-state index is 0.436. The van der Waals surface area contributed by atoms with Gasteiger partial charge in [0.15, 0.2) is 0 Å². The Balaban J connectivity index is 2.16. The van der Waals surface area contributed by atoms with Crippen LogP contribution >= 0.6 is 31.9 Å². The van der Waals surface area contributed by atoms with Crippen LogP contribution in [0.25, 0.3) is 11.5 Å². The molecule has 0 atom stereocenters. The number of hydrogen-bond acceptors (Lipinski definition) is 5. The fourth-order valence-corrected chi connectivity index (χ4v) is 2.41. The van der Waals surface area contributed by atoms with E-state index in [2.05, 4.69) is 58.2 Å². The van der Waals surface area contributed by atoms with Crippen molar-refractivity contribution in [2.24, 2.45) is 0 Å². The molecule has 0 amide bonds. The van der Waals surface area contributed by atoms with Crippen molar-refractivity contribution in [3.8, 4) is 23.9 Å². The van der Waals surface area contributed by atoms with Gasteiger partial charge in [0, 0.05) is 15.1 Å². The molecule has 2 aromatic rings. The number of rotatable bonds is 4. The molecule has 0 fully saturated rings. The van der Waals surface area contributed by atoms with Crippen LogP contribution < -0.4 is 5.32 Å². The van der Waals surface area contributed by atoms with Crippen LogP contribution in [-0.4, -0.2) is 21.7 Å². The highest BCUT2D eigenvalue weighted by atomic mass is 79.9. The number of terminal acetylenes is 1. The summed E-state index contributed by atoms with van der Waals surface area (Å²) in [5.74, 6) is 3.37. The Hall–Kier alpha value is -1.23. The Bertz CT molecular complexity index is 591. The van der Waals surface area contributed by atoms with Gasteiger partial charge in [-0.1, -0.05) is 11.1 Å². The van der Waals surface area contributed by atoms with Crippen LogP contribution in [0.3, 0.4) is 0 Å². The summed E-state index contributed by atoms with van der Waals surface area (Å²) in [6.07, 6.45) is 6.80.